The molecule has 7 heteroatoms. The van der Waals surface area contributed by atoms with Gasteiger partial charge in [-0.1, -0.05) is 30.3 Å². The van der Waals surface area contributed by atoms with E-state index in [9.17, 15) is 9.59 Å². The van der Waals surface area contributed by atoms with E-state index < -0.39 is 5.91 Å². The van der Waals surface area contributed by atoms with Crippen LogP contribution in [0.15, 0.2) is 71.7 Å². The number of ether oxygens (including phenoxy) is 1. The fourth-order valence-corrected chi connectivity index (χ4v) is 3.04. The van der Waals surface area contributed by atoms with Crippen LogP contribution in [0.4, 0.5) is 5.69 Å². The van der Waals surface area contributed by atoms with Crippen molar-refractivity contribution in [3.8, 4) is 5.75 Å². The molecule has 0 radical (unpaired) electrons. The summed E-state index contributed by atoms with van der Waals surface area (Å²) in [5.74, 6) is 0.682. The van der Waals surface area contributed by atoms with Crippen LogP contribution in [-0.2, 0) is 6.42 Å². The zero-order valence-corrected chi connectivity index (χ0v) is 15.7. The zero-order valence-electron chi connectivity index (χ0n) is 15.7. The number of amides is 1. The molecule has 144 valence electrons. The Hall–Kier alpha value is -4.00. The number of nitrogens with one attached hydrogen (secondary N) is 2. The highest BCUT2D eigenvalue weighted by Gasteiger charge is 2.13. The Kier molecular flexibility index (Phi) is 5.03. The fourth-order valence-electron chi connectivity index (χ4n) is 3.04. The molecule has 0 aliphatic carbocycles. The van der Waals surface area contributed by atoms with E-state index >= 15 is 0 Å². The Balaban J connectivity index is 1.59. The number of hydrogen-bond acceptors (Lipinski definition) is 5. The van der Waals surface area contributed by atoms with Crippen LogP contribution < -0.4 is 15.6 Å². The van der Waals surface area contributed by atoms with Crippen LogP contribution in [0.1, 0.15) is 21.9 Å². The Morgan fingerprint density at radius 2 is 1.90 bits per heavy atom. The number of nitrogens with zero attached hydrogens (tertiary/aromatic N) is 2. The minimum absolute atomic E-state index is 0.0465. The second kappa shape index (κ2) is 7.93. The maximum absolute atomic E-state index is 12.7. The van der Waals surface area contributed by atoms with E-state index in [1.165, 1.54) is 6.07 Å². The number of benzene rings is 2. The van der Waals surface area contributed by atoms with Crippen molar-refractivity contribution in [3.63, 3.8) is 0 Å². The summed E-state index contributed by atoms with van der Waals surface area (Å²) >= 11 is 0. The molecule has 4 rings (SSSR count). The zero-order chi connectivity index (χ0) is 20.2. The van der Waals surface area contributed by atoms with Crippen LogP contribution in [-0.4, -0.2) is 28.0 Å². The van der Waals surface area contributed by atoms with Crippen molar-refractivity contribution in [2.45, 2.75) is 6.42 Å². The molecule has 29 heavy (non-hydrogen) atoms. The van der Waals surface area contributed by atoms with Gasteiger partial charge >= 0.3 is 0 Å². The van der Waals surface area contributed by atoms with Crippen LogP contribution in [0.25, 0.3) is 10.9 Å². The van der Waals surface area contributed by atoms with Gasteiger partial charge in [0.1, 0.15) is 17.3 Å². The summed E-state index contributed by atoms with van der Waals surface area (Å²) in [4.78, 5) is 36.1. The van der Waals surface area contributed by atoms with Crippen LogP contribution in [0.2, 0.25) is 0 Å². The number of carbonyl (C=O) groups excluding carboxylic acids is 1. The summed E-state index contributed by atoms with van der Waals surface area (Å²) in [5.41, 5.74) is 1.83. The molecule has 0 saturated carbocycles. The largest absolute Gasteiger partial charge is 0.497 e. The first-order valence-electron chi connectivity index (χ1n) is 9.00. The first kappa shape index (κ1) is 18.4. The molecule has 0 aliphatic heterocycles. The first-order valence-corrected chi connectivity index (χ1v) is 9.00. The van der Waals surface area contributed by atoms with Crippen LogP contribution >= 0.6 is 0 Å². The van der Waals surface area contributed by atoms with Gasteiger partial charge in [0.15, 0.2) is 0 Å². The lowest BCUT2D eigenvalue weighted by Gasteiger charge is -2.09. The van der Waals surface area contributed by atoms with Crippen LogP contribution in [0, 0.1) is 0 Å². The third-order valence-corrected chi connectivity index (χ3v) is 4.43. The van der Waals surface area contributed by atoms with Gasteiger partial charge in [-0.05, 0) is 29.8 Å². The molecule has 2 N–H and O–H groups in total. The lowest BCUT2D eigenvalue weighted by molar-refractivity contribution is 0.102. The van der Waals surface area contributed by atoms with Gasteiger partial charge in [0.2, 0.25) is 0 Å². The fraction of sp³-hybridized carbons (Fsp3) is 0.0909. The molecule has 0 atom stereocenters. The number of aromatic nitrogens is 3. The number of fused-ring (bicyclic) bond motifs is 1. The summed E-state index contributed by atoms with van der Waals surface area (Å²) in [5, 5.41) is 3.71. The van der Waals surface area contributed by atoms with Gasteiger partial charge in [0, 0.05) is 24.1 Å². The summed E-state index contributed by atoms with van der Waals surface area (Å²) in [6, 6.07) is 17.9. The van der Waals surface area contributed by atoms with Gasteiger partial charge in [-0.15, -0.1) is 0 Å². The normalized spacial score (nSPS) is 10.7. The Morgan fingerprint density at radius 1 is 1.10 bits per heavy atom. The average molecular weight is 386 g/mol. The summed E-state index contributed by atoms with van der Waals surface area (Å²) < 4.78 is 5.14. The lowest BCUT2D eigenvalue weighted by Crippen LogP contribution is -2.20. The molecule has 1 amide bonds. The second-order valence-electron chi connectivity index (χ2n) is 6.44. The van der Waals surface area contributed by atoms with Gasteiger partial charge in [0.05, 0.1) is 18.3 Å². The standard InChI is InChI=1S/C22H18N4O3/c1-29-16-9-7-14(8-10-16)12-19-24-18(13-20(27)26-19)22(28)25-17-6-2-4-15-5-3-11-23-21(15)17/h2-11,13H,12H2,1H3,(H,25,28)(H,24,26,27). The van der Waals surface area contributed by atoms with Crippen LogP contribution in [0.3, 0.4) is 0 Å². The van der Waals surface area contributed by atoms with Crippen molar-refractivity contribution < 1.29 is 9.53 Å². The number of aromatic amines is 1. The van der Waals surface area contributed by atoms with Crippen molar-refractivity contribution in [1.29, 1.82) is 0 Å². The molecule has 2 heterocycles. The quantitative estimate of drug-likeness (QED) is 0.549. The summed E-state index contributed by atoms with van der Waals surface area (Å²) in [6.45, 7) is 0. The Bertz CT molecular complexity index is 1230. The van der Waals surface area contributed by atoms with Crippen molar-refractivity contribution >= 4 is 22.5 Å². The number of hydrogen-bond donors (Lipinski definition) is 2. The molecule has 0 saturated heterocycles. The third kappa shape index (κ3) is 4.14. The Labute approximate surface area is 166 Å². The summed E-state index contributed by atoms with van der Waals surface area (Å²) in [6.07, 6.45) is 2.05. The van der Waals surface area contributed by atoms with Gasteiger partial charge in [-0.2, -0.15) is 0 Å². The number of H-pyrrole nitrogens is 1. The second-order valence-corrected chi connectivity index (χ2v) is 6.44. The minimum Gasteiger partial charge on any atom is -0.497 e. The van der Waals surface area contributed by atoms with Crippen molar-refractivity contribution in [3.05, 3.63) is 94.3 Å². The molecule has 2 aromatic carbocycles. The number of methoxy groups -OCH3 is 1. The minimum atomic E-state index is -0.467. The lowest BCUT2D eigenvalue weighted by atomic mass is 10.1. The molecule has 2 aromatic heterocycles. The van der Waals surface area contributed by atoms with Gasteiger partial charge in [-0.25, -0.2) is 4.98 Å². The topological polar surface area (TPSA) is 97.0 Å². The highest BCUT2D eigenvalue weighted by molar-refractivity contribution is 6.07. The number of pyridine rings is 1. The van der Waals surface area contributed by atoms with E-state index in [1.807, 2.05) is 48.5 Å². The molecule has 4 aromatic rings. The number of carbonyl (C=O) groups is 1. The maximum Gasteiger partial charge on any atom is 0.274 e. The molecule has 7 nitrogen and oxygen atoms in total. The van der Waals surface area contributed by atoms with Gasteiger partial charge in [0.25, 0.3) is 11.5 Å². The molecule has 0 spiro atoms. The average Bonchev–Trinajstić information content (AvgIpc) is 2.74. The van der Waals surface area contributed by atoms with E-state index in [1.54, 1.807) is 19.4 Å². The SMILES string of the molecule is COc1ccc(Cc2nc(C(=O)Nc3cccc4cccnc34)cc(=O)[nH]2)cc1. The smallest absolute Gasteiger partial charge is 0.274 e. The highest BCUT2D eigenvalue weighted by atomic mass is 16.5. The first-order chi connectivity index (χ1) is 14.1. The van der Waals surface area contributed by atoms with Gasteiger partial charge in [-0.3, -0.25) is 14.6 Å². The van der Waals surface area contributed by atoms with E-state index in [0.717, 1.165) is 16.7 Å². The van der Waals surface area contributed by atoms with Crippen LogP contribution in [0.5, 0.6) is 5.75 Å². The number of para-hydroxylation sites is 1. The molecule has 0 bridgehead atoms. The highest BCUT2D eigenvalue weighted by Crippen LogP contribution is 2.21. The van der Waals surface area contributed by atoms with Crippen molar-refractivity contribution in [2.24, 2.45) is 0 Å². The van der Waals surface area contributed by atoms with Gasteiger partial charge < -0.3 is 15.0 Å². The molecule has 0 fully saturated rings. The maximum atomic E-state index is 12.7. The van der Waals surface area contributed by atoms with Crippen molar-refractivity contribution in [1.82, 2.24) is 15.0 Å². The van der Waals surface area contributed by atoms with E-state index in [0.29, 0.717) is 23.4 Å². The van der Waals surface area contributed by atoms with Crippen molar-refractivity contribution in [2.75, 3.05) is 12.4 Å². The van der Waals surface area contributed by atoms with E-state index in [2.05, 4.69) is 20.3 Å². The molecular weight excluding hydrogens is 368 g/mol. The third-order valence-electron chi connectivity index (χ3n) is 4.43. The Morgan fingerprint density at radius 3 is 2.69 bits per heavy atom. The molecule has 0 unspecified atom stereocenters. The number of anilines is 1. The predicted molar refractivity (Wildman–Crippen MR) is 110 cm³/mol. The van der Waals surface area contributed by atoms with E-state index in [4.69, 9.17) is 4.74 Å². The monoisotopic (exact) mass is 386 g/mol. The van der Waals surface area contributed by atoms with E-state index in [-0.39, 0.29) is 11.3 Å². The molecule has 0 aliphatic rings. The summed E-state index contributed by atoms with van der Waals surface area (Å²) in [7, 11) is 1.60. The predicted octanol–water partition coefficient (Wildman–Crippen LogP) is 3.17. The molecular formula is C22H18N4O3. The number of rotatable bonds is 5.